The first kappa shape index (κ1) is 15.2. The van der Waals surface area contributed by atoms with Crippen molar-refractivity contribution in [3.05, 3.63) is 0 Å². The van der Waals surface area contributed by atoms with Crippen LogP contribution < -0.4 is 11.1 Å². The van der Waals surface area contributed by atoms with Crippen LogP contribution in [0.15, 0.2) is 4.99 Å². The number of nitrogens with two attached hydrogens (primary N) is 1. The van der Waals surface area contributed by atoms with Crippen molar-refractivity contribution in [2.75, 3.05) is 40.0 Å². The Labute approximate surface area is 98.4 Å². The highest BCUT2D eigenvalue weighted by atomic mass is 16.5. The summed E-state index contributed by atoms with van der Waals surface area (Å²) in [5.41, 5.74) is 5.61. The fourth-order valence-corrected chi connectivity index (χ4v) is 0.989. The zero-order valence-electron chi connectivity index (χ0n) is 10.7. The Bertz CT molecular complexity index is 184. The quantitative estimate of drug-likeness (QED) is 0.346. The highest BCUT2D eigenvalue weighted by Gasteiger charge is 1.94. The first-order chi connectivity index (χ1) is 7.66. The van der Waals surface area contributed by atoms with E-state index in [4.69, 9.17) is 15.2 Å². The summed E-state index contributed by atoms with van der Waals surface area (Å²) in [5, 5.41) is 2.94. The molecule has 0 aliphatic rings. The molecule has 0 aliphatic carbocycles. The van der Waals surface area contributed by atoms with Crippen LogP contribution in [0.4, 0.5) is 0 Å². The van der Waals surface area contributed by atoms with E-state index in [2.05, 4.69) is 24.2 Å². The molecule has 0 bridgehead atoms. The molecule has 0 radical (unpaired) electrons. The van der Waals surface area contributed by atoms with E-state index in [1.165, 1.54) is 0 Å². The zero-order valence-corrected chi connectivity index (χ0v) is 10.7. The second kappa shape index (κ2) is 10.7. The number of ether oxygens (including phenoxy) is 2. The van der Waals surface area contributed by atoms with Crippen molar-refractivity contribution in [1.82, 2.24) is 5.32 Å². The molecule has 0 saturated heterocycles. The smallest absolute Gasteiger partial charge is 0.188 e. The van der Waals surface area contributed by atoms with Gasteiger partial charge in [-0.15, -0.1) is 0 Å². The molecule has 0 saturated carbocycles. The van der Waals surface area contributed by atoms with Gasteiger partial charge in [-0.2, -0.15) is 0 Å². The second-order valence-corrected chi connectivity index (χ2v) is 3.98. The predicted molar refractivity (Wildman–Crippen MR) is 66.6 cm³/mol. The third-order valence-electron chi connectivity index (χ3n) is 1.97. The Balaban J connectivity index is 3.30. The van der Waals surface area contributed by atoms with E-state index >= 15 is 0 Å². The van der Waals surface area contributed by atoms with Crippen molar-refractivity contribution in [2.45, 2.75) is 20.3 Å². The van der Waals surface area contributed by atoms with Gasteiger partial charge in [0.2, 0.25) is 0 Å². The minimum absolute atomic E-state index is 0.449. The standard InChI is InChI=1S/C11H25N3O2/c1-10(2)4-7-16-9-6-14-11(12)13-5-8-15-3/h10H,4-9H2,1-3H3,(H3,12,13,14). The Morgan fingerprint density at radius 1 is 1.31 bits per heavy atom. The minimum atomic E-state index is 0.449. The maximum atomic E-state index is 5.61. The largest absolute Gasteiger partial charge is 0.383 e. The number of aliphatic imine (C=N–C) groups is 1. The summed E-state index contributed by atoms with van der Waals surface area (Å²) in [5.74, 6) is 1.13. The number of rotatable bonds is 9. The fourth-order valence-electron chi connectivity index (χ4n) is 0.989. The molecule has 0 heterocycles. The van der Waals surface area contributed by atoms with Gasteiger partial charge >= 0.3 is 0 Å². The maximum absolute atomic E-state index is 5.61. The Morgan fingerprint density at radius 2 is 2.06 bits per heavy atom. The maximum Gasteiger partial charge on any atom is 0.188 e. The van der Waals surface area contributed by atoms with Crippen LogP contribution in [0.2, 0.25) is 0 Å². The third kappa shape index (κ3) is 11.3. The molecule has 0 aromatic rings. The SMILES string of the molecule is COCCNC(N)=NCCOCCC(C)C. The molecule has 0 amide bonds. The number of nitrogens with one attached hydrogen (secondary N) is 1. The van der Waals surface area contributed by atoms with E-state index < -0.39 is 0 Å². The number of nitrogens with zero attached hydrogens (tertiary/aromatic N) is 1. The van der Waals surface area contributed by atoms with Gasteiger partial charge in [-0.1, -0.05) is 13.8 Å². The molecule has 0 aromatic heterocycles. The van der Waals surface area contributed by atoms with Crippen LogP contribution in [0.5, 0.6) is 0 Å². The fraction of sp³-hybridized carbons (Fsp3) is 0.909. The second-order valence-electron chi connectivity index (χ2n) is 3.98. The Hall–Kier alpha value is -0.810. The summed E-state index contributed by atoms with van der Waals surface area (Å²) in [6, 6.07) is 0. The van der Waals surface area contributed by atoms with E-state index in [1.807, 2.05) is 0 Å². The summed E-state index contributed by atoms with van der Waals surface area (Å²) >= 11 is 0. The van der Waals surface area contributed by atoms with Gasteiger partial charge in [0.05, 0.1) is 19.8 Å². The van der Waals surface area contributed by atoms with Gasteiger partial charge in [0, 0.05) is 20.3 Å². The topological polar surface area (TPSA) is 68.9 Å². The molecule has 5 nitrogen and oxygen atoms in total. The number of hydrogen-bond donors (Lipinski definition) is 2. The lowest BCUT2D eigenvalue weighted by Crippen LogP contribution is -2.34. The van der Waals surface area contributed by atoms with Gasteiger partial charge in [-0.25, -0.2) is 0 Å². The lowest BCUT2D eigenvalue weighted by atomic mass is 10.1. The van der Waals surface area contributed by atoms with Gasteiger partial charge in [0.15, 0.2) is 5.96 Å². The molecular weight excluding hydrogens is 206 g/mol. The van der Waals surface area contributed by atoms with Crippen LogP contribution in [0.25, 0.3) is 0 Å². The molecule has 0 aliphatic heterocycles. The van der Waals surface area contributed by atoms with Crippen molar-refractivity contribution < 1.29 is 9.47 Å². The number of hydrogen-bond acceptors (Lipinski definition) is 3. The third-order valence-corrected chi connectivity index (χ3v) is 1.97. The van der Waals surface area contributed by atoms with Crippen LogP contribution in [0.1, 0.15) is 20.3 Å². The molecule has 0 rings (SSSR count). The van der Waals surface area contributed by atoms with Crippen molar-refractivity contribution in [2.24, 2.45) is 16.6 Å². The molecule has 0 atom stereocenters. The predicted octanol–water partition coefficient (Wildman–Crippen LogP) is 0.600. The summed E-state index contributed by atoms with van der Waals surface area (Å²) in [4.78, 5) is 4.12. The summed E-state index contributed by atoms with van der Waals surface area (Å²) in [7, 11) is 1.65. The van der Waals surface area contributed by atoms with Gasteiger partial charge in [0.25, 0.3) is 0 Å². The lowest BCUT2D eigenvalue weighted by Gasteiger charge is -2.06. The summed E-state index contributed by atoms with van der Waals surface area (Å²) < 4.78 is 10.3. The minimum Gasteiger partial charge on any atom is -0.383 e. The lowest BCUT2D eigenvalue weighted by molar-refractivity contribution is 0.130. The van der Waals surface area contributed by atoms with Gasteiger partial charge in [0.1, 0.15) is 0 Å². The summed E-state index contributed by atoms with van der Waals surface area (Å²) in [6.07, 6.45) is 1.09. The summed E-state index contributed by atoms with van der Waals surface area (Å²) in [6.45, 7) is 7.69. The van der Waals surface area contributed by atoms with Gasteiger partial charge in [-0.05, 0) is 12.3 Å². The first-order valence-corrected chi connectivity index (χ1v) is 5.77. The van der Waals surface area contributed by atoms with E-state index in [0.717, 1.165) is 13.0 Å². The molecule has 16 heavy (non-hydrogen) atoms. The van der Waals surface area contributed by atoms with Crippen LogP contribution in [-0.2, 0) is 9.47 Å². The molecule has 0 aromatic carbocycles. The number of guanidine groups is 1. The van der Waals surface area contributed by atoms with Crippen LogP contribution in [0.3, 0.4) is 0 Å². The van der Waals surface area contributed by atoms with Crippen molar-refractivity contribution in [3.8, 4) is 0 Å². The van der Waals surface area contributed by atoms with E-state index in [9.17, 15) is 0 Å². The molecule has 0 fully saturated rings. The van der Waals surface area contributed by atoms with Gasteiger partial charge < -0.3 is 20.5 Å². The molecule has 5 heteroatoms. The Kier molecular flexibility index (Phi) is 10.2. The van der Waals surface area contributed by atoms with E-state index in [0.29, 0.717) is 38.2 Å². The zero-order chi connectivity index (χ0) is 12.2. The highest BCUT2D eigenvalue weighted by Crippen LogP contribution is 1.98. The van der Waals surface area contributed by atoms with Crippen molar-refractivity contribution in [3.63, 3.8) is 0 Å². The van der Waals surface area contributed by atoms with Gasteiger partial charge in [-0.3, -0.25) is 4.99 Å². The van der Waals surface area contributed by atoms with Crippen LogP contribution in [-0.4, -0.2) is 46.0 Å². The molecular formula is C11H25N3O2. The molecule has 96 valence electrons. The van der Waals surface area contributed by atoms with Crippen LogP contribution >= 0.6 is 0 Å². The average Bonchev–Trinajstić information content (AvgIpc) is 2.23. The first-order valence-electron chi connectivity index (χ1n) is 5.77. The van der Waals surface area contributed by atoms with Crippen LogP contribution in [0, 0.1) is 5.92 Å². The molecule has 0 unspecified atom stereocenters. The number of methoxy groups -OCH3 is 1. The monoisotopic (exact) mass is 231 g/mol. The van der Waals surface area contributed by atoms with E-state index in [1.54, 1.807) is 7.11 Å². The normalized spacial score (nSPS) is 12.1. The van der Waals surface area contributed by atoms with E-state index in [-0.39, 0.29) is 0 Å². The molecule has 3 N–H and O–H groups in total. The molecule has 0 spiro atoms. The average molecular weight is 231 g/mol. The highest BCUT2D eigenvalue weighted by molar-refractivity contribution is 5.77. The Morgan fingerprint density at radius 3 is 2.69 bits per heavy atom. The van der Waals surface area contributed by atoms with Crippen molar-refractivity contribution >= 4 is 5.96 Å². The van der Waals surface area contributed by atoms with Crippen molar-refractivity contribution in [1.29, 1.82) is 0 Å².